The quantitative estimate of drug-likeness (QED) is 0.653. The Labute approximate surface area is 127 Å². The number of hydrogen-bond acceptors (Lipinski definition) is 5. The van der Waals surface area contributed by atoms with E-state index < -0.39 is 5.97 Å². The molecule has 22 heavy (non-hydrogen) atoms. The molecular formula is C16H17NO5. The number of fused-ring (bicyclic) bond motifs is 1. The van der Waals surface area contributed by atoms with Crippen molar-refractivity contribution < 1.29 is 24.2 Å². The van der Waals surface area contributed by atoms with Crippen LogP contribution < -0.4 is 0 Å². The monoisotopic (exact) mass is 303 g/mol. The Kier molecular flexibility index (Phi) is 4.62. The van der Waals surface area contributed by atoms with Crippen LogP contribution in [0.5, 0.6) is 0 Å². The van der Waals surface area contributed by atoms with E-state index in [4.69, 9.17) is 9.47 Å². The molecule has 0 unspecified atom stereocenters. The number of aliphatic hydroxyl groups is 1. The standard InChI is InChI=1S/C16H17NO5/c1-10(18)11-4-5-15-13(6-11)14(16(20)22-3)8-17(15)7-12(19)9-21-2/h4-6,8,18H,1,7,9H2,2-3H3. The number of hydrogen-bond donors (Lipinski definition) is 1. The van der Waals surface area contributed by atoms with Gasteiger partial charge in [0.25, 0.3) is 0 Å². The maximum atomic E-state index is 11.9. The van der Waals surface area contributed by atoms with Crippen LogP contribution in [-0.2, 0) is 20.8 Å². The Morgan fingerprint density at radius 2 is 2.05 bits per heavy atom. The number of ketones is 1. The van der Waals surface area contributed by atoms with Crippen molar-refractivity contribution in [3.8, 4) is 0 Å². The minimum absolute atomic E-state index is 0.00123. The molecule has 2 rings (SSSR count). The molecule has 0 aliphatic heterocycles. The molecule has 0 bridgehead atoms. The van der Waals surface area contributed by atoms with Gasteiger partial charge in [-0.05, 0) is 18.2 Å². The van der Waals surface area contributed by atoms with Crippen LogP contribution in [0.15, 0.2) is 31.0 Å². The Bertz CT molecular complexity index is 744. The van der Waals surface area contributed by atoms with Crippen molar-refractivity contribution in [3.05, 3.63) is 42.1 Å². The van der Waals surface area contributed by atoms with Gasteiger partial charge in [0.05, 0.1) is 19.2 Å². The van der Waals surface area contributed by atoms with E-state index in [9.17, 15) is 14.7 Å². The zero-order valence-corrected chi connectivity index (χ0v) is 12.5. The van der Waals surface area contributed by atoms with E-state index in [1.165, 1.54) is 14.2 Å². The number of carbonyl (C=O) groups excluding carboxylic acids is 2. The van der Waals surface area contributed by atoms with Gasteiger partial charge in [-0.25, -0.2) is 4.79 Å². The predicted octanol–water partition coefficient (Wildman–Crippen LogP) is 2.17. The second-order valence-electron chi connectivity index (χ2n) is 4.81. The molecule has 0 atom stereocenters. The Morgan fingerprint density at radius 1 is 1.32 bits per heavy atom. The third-order valence-corrected chi connectivity index (χ3v) is 3.27. The third kappa shape index (κ3) is 3.01. The van der Waals surface area contributed by atoms with Crippen LogP contribution in [0.1, 0.15) is 15.9 Å². The van der Waals surface area contributed by atoms with Crippen molar-refractivity contribution in [1.29, 1.82) is 0 Å². The van der Waals surface area contributed by atoms with E-state index in [1.54, 1.807) is 29.0 Å². The third-order valence-electron chi connectivity index (χ3n) is 3.27. The highest BCUT2D eigenvalue weighted by Crippen LogP contribution is 2.25. The van der Waals surface area contributed by atoms with E-state index in [-0.39, 0.29) is 24.7 Å². The molecule has 6 nitrogen and oxygen atoms in total. The molecule has 0 radical (unpaired) electrons. The van der Waals surface area contributed by atoms with Gasteiger partial charge in [-0.2, -0.15) is 0 Å². The Hall–Kier alpha value is -2.60. The summed E-state index contributed by atoms with van der Waals surface area (Å²) in [5.74, 6) is -0.726. The van der Waals surface area contributed by atoms with Crippen LogP contribution in [0.3, 0.4) is 0 Å². The van der Waals surface area contributed by atoms with E-state index in [2.05, 4.69) is 6.58 Å². The molecule has 116 valence electrons. The first-order valence-electron chi connectivity index (χ1n) is 6.58. The van der Waals surface area contributed by atoms with Gasteiger partial charge < -0.3 is 19.1 Å². The molecule has 1 aromatic heterocycles. The van der Waals surface area contributed by atoms with Crippen LogP contribution in [0, 0.1) is 0 Å². The lowest BCUT2D eigenvalue weighted by Crippen LogP contribution is -2.14. The first kappa shape index (κ1) is 15.8. The number of ether oxygens (including phenoxy) is 2. The molecule has 0 spiro atoms. The lowest BCUT2D eigenvalue weighted by atomic mass is 10.1. The van der Waals surface area contributed by atoms with Crippen molar-refractivity contribution in [2.24, 2.45) is 0 Å². The number of carbonyl (C=O) groups is 2. The molecule has 0 saturated carbocycles. The van der Waals surface area contributed by atoms with Crippen molar-refractivity contribution in [3.63, 3.8) is 0 Å². The van der Waals surface area contributed by atoms with Crippen LogP contribution in [0.25, 0.3) is 16.7 Å². The highest BCUT2D eigenvalue weighted by atomic mass is 16.5. The van der Waals surface area contributed by atoms with Gasteiger partial charge in [-0.1, -0.05) is 6.58 Å². The van der Waals surface area contributed by atoms with Crippen molar-refractivity contribution in [1.82, 2.24) is 4.57 Å². The van der Waals surface area contributed by atoms with Gasteiger partial charge in [-0.3, -0.25) is 4.79 Å². The molecule has 1 heterocycles. The Morgan fingerprint density at radius 3 is 2.64 bits per heavy atom. The minimum atomic E-state index is -0.511. The largest absolute Gasteiger partial charge is 0.508 e. The first-order chi connectivity index (χ1) is 10.5. The topological polar surface area (TPSA) is 77.8 Å². The number of aliphatic hydroxyl groups excluding tert-OH is 1. The molecule has 0 amide bonds. The number of esters is 1. The summed E-state index contributed by atoms with van der Waals surface area (Å²) < 4.78 is 11.2. The average molecular weight is 303 g/mol. The van der Waals surface area contributed by atoms with Gasteiger partial charge in [0, 0.05) is 29.8 Å². The van der Waals surface area contributed by atoms with Crippen molar-refractivity contribution >= 4 is 28.4 Å². The fraction of sp³-hybridized carbons (Fsp3) is 0.250. The summed E-state index contributed by atoms with van der Waals surface area (Å²) in [6.45, 7) is 3.55. The molecule has 0 aliphatic carbocycles. The summed E-state index contributed by atoms with van der Waals surface area (Å²) in [5.41, 5.74) is 1.51. The van der Waals surface area contributed by atoms with Gasteiger partial charge in [0.1, 0.15) is 12.4 Å². The van der Waals surface area contributed by atoms with Gasteiger partial charge in [0.15, 0.2) is 5.78 Å². The highest BCUT2D eigenvalue weighted by Gasteiger charge is 2.17. The smallest absolute Gasteiger partial charge is 0.340 e. The fourth-order valence-electron chi connectivity index (χ4n) is 2.28. The Balaban J connectivity index is 2.56. The zero-order valence-electron chi connectivity index (χ0n) is 12.5. The van der Waals surface area contributed by atoms with E-state index in [0.717, 1.165) is 0 Å². The lowest BCUT2D eigenvalue weighted by molar-refractivity contribution is -0.123. The zero-order chi connectivity index (χ0) is 16.3. The molecule has 6 heteroatoms. The van der Waals surface area contributed by atoms with E-state index >= 15 is 0 Å². The minimum Gasteiger partial charge on any atom is -0.508 e. The fourth-order valence-corrected chi connectivity index (χ4v) is 2.28. The number of aromatic nitrogens is 1. The predicted molar refractivity (Wildman–Crippen MR) is 81.8 cm³/mol. The summed E-state index contributed by atoms with van der Waals surface area (Å²) in [6, 6.07) is 5.03. The maximum Gasteiger partial charge on any atom is 0.340 e. The number of nitrogens with zero attached hydrogens (tertiary/aromatic N) is 1. The molecule has 0 saturated heterocycles. The number of methoxy groups -OCH3 is 2. The van der Waals surface area contributed by atoms with Crippen molar-refractivity contribution in [2.75, 3.05) is 20.8 Å². The summed E-state index contributed by atoms with van der Waals surface area (Å²) in [5, 5.41) is 10.1. The van der Waals surface area contributed by atoms with Gasteiger partial charge in [0.2, 0.25) is 0 Å². The van der Waals surface area contributed by atoms with Crippen LogP contribution in [0.2, 0.25) is 0 Å². The second-order valence-corrected chi connectivity index (χ2v) is 4.81. The molecule has 2 aromatic rings. The number of Topliss-reactive ketones (excluding diaryl/α,β-unsaturated/α-hetero) is 1. The van der Waals surface area contributed by atoms with Gasteiger partial charge >= 0.3 is 5.97 Å². The molecule has 0 aliphatic rings. The first-order valence-corrected chi connectivity index (χ1v) is 6.58. The molecule has 1 aromatic carbocycles. The molecule has 1 N–H and O–H groups in total. The van der Waals surface area contributed by atoms with Crippen LogP contribution in [-0.4, -0.2) is 42.3 Å². The average Bonchev–Trinajstić information content (AvgIpc) is 2.84. The van der Waals surface area contributed by atoms with Crippen LogP contribution in [0.4, 0.5) is 0 Å². The summed E-state index contributed by atoms with van der Waals surface area (Å²) >= 11 is 0. The number of rotatable bonds is 6. The summed E-state index contributed by atoms with van der Waals surface area (Å²) in [7, 11) is 2.74. The maximum absolute atomic E-state index is 11.9. The van der Waals surface area contributed by atoms with Crippen molar-refractivity contribution in [2.45, 2.75) is 6.54 Å². The van der Waals surface area contributed by atoms with E-state index in [1.807, 2.05) is 0 Å². The summed E-state index contributed by atoms with van der Waals surface area (Å²) in [4.78, 5) is 23.7. The highest BCUT2D eigenvalue weighted by molar-refractivity contribution is 6.05. The van der Waals surface area contributed by atoms with E-state index in [0.29, 0.717) is 22.0 Å². The van der Waals surface area contributed by atoms with Gasteiger partial charge in [-0.15, -0.1) is 0 Å². The molecule has 0 fully saturated rings. The summed E-state index contributed by atoms with van der Waals surface area (Å²) in [6.07, 6.45) is 1.56. The normalized spacial score (nSPS) is 10.6. The number of benzene rings is 1. The molecular weight excluding hydrogens is 286 g/mol. The second kappa shape index (κ2) is 6.44. The SMILES string of the molecule is C=C(O)c1ccc2c(c1)c(C(=O)OC)cn2CC(=O)COC. The van der Waals surface area contributed by atoms with Crippen LogP contribution >= 0.6 is 0 Å². The lowest BCUT2D eigenvalue weighted by Gasteiger charge is -2.05.